The Bertz CT molecular complexity index is 574. The normalized spacial score (nSPS) is 18.2. The van der Waals surface area contributed by atoms with Crippen LogP contribution in [0.15, 0.2) is 30.3 Å². The number of urea groups is 1. The lowest BCUT2D eigenvalue weighted by atomic mass is 10.2. The van der Waals surface area contributed by atoms with Crippen molar-refractivity contribution in [2.24, 2.45) is 0 Å². The summed E-state index contributed by atoms with van der Waals surface area (Å²) in [7, 11) is 0. The van der Waals surface area contributed by atoms with Gasteiger partial charge < -0.3 is 20.4 Å². The van der Waals surface area contributed by atoms with Gasteiger partial charge in [0.15, 0.2) is 0 Å². The van der Waals surface area contributed by atoms with Gasteiger partial charge in [0.05, 0.1) is 25.7 Å². The molecule has 6 nitrogen and oxygen atoms in total. The molecule has 0 spiro atoms. The van der Waals surface area contributed by atoms with Crippen LogP contribution in [0.5, 0.6) is 0 Å². The Labute approximate surface area is 156 Å². The summed E-state index contributed by atoms with van der Waals surface area (Å²) in [6.07, 6.45) is 2.42. The summed E-state index contributed by atoms with van der Waals surface area (Å²) >= 11 is 0. The number of rotatable bonds is 9. The largest absolute Gasteiger partial charge is 0.336 e. The third-order valence-corrected chi connectivity index (χ3v) is 5.07. The topological polar surface area (TPSA) is 65.9 Å². The fraction of sp³-hybridized carbons (Fsp3) is 0.600. The van der Waals surface area contributed by atoms with Gasteiger partial charge in [-0.05, 0) is 45.7 Å². The maximum absolute atomic E-state index is 12.2. The maximum atomic E-state index is 12.2. The van der Waals surface area contributed by atoms with Crippen LogP contribution < -0.4 is 20.4 Å². The molecule has 3 amide bonds. The summed E-state index contributed by atoms with van der Waals surface area (Å²) in [6.45, 7) is 10.4. The number of nitrogens with one attached hydrogen (secondary N) is 3. The monoisotopic (exact) mass is 361 g/mol. The number of nitrogens with zero attached hydrogens (tertiary/aromatic N) is 1. The maximum Gasteiger partial charge on any atom is 0.315 e. The molecular weight excluding hydrogens is 328 g/mol. The van der Waals surface area contributed by atoms with Crippen molar-refractivity contribution in [2.45, 2.75) is 52.1 Å². The average Bonchev–Trinajstić information content (AvgIpc) is 2.99. The first-order valence-electron chi connectivity index (χ1n) is 9.79. The molecule has 6 heteroatoms. The van der Waals surface area contributed by atoms with E-state index in [2.05, 4.69) is 24.5 Å². The second kappa shape index (κ2) is 10.2. The number of benzene rings is 1. The molecule has 0 radical (unpaired) electrons. The molecule has 1 aliphatic rings. The summed E-state index contributed by atoms with van der Waals surface area (Å²) in [5.41, 5.74) is 0.884. The van der Waals surface area contributed by atoms with Gasteiger partial charge in [-0.2, -0.15) is 0 Å². The van der Waals surface area contributed by atoms with Crippen LogP contribution >= 0.6 is 0 Å². The fourth-order valence-corrected chi connectivity index (χ4v) is 3.45. The minimum absolute atomic E-state index is 0.0525. The summed E-state index contributed by atoms with van der Waals surface area (Å²) < 4.78 is 0. The number of para-hydroxylation sites is 1. The van der Waals surface area contributed by atoms with Crippen molar-refractivity contribution in [3.05, 3.63) is 30.3 Å². The van der Waals surface area contributed by atoms with E-state index in [0.717, 1.165) is 38.2 Å². The first kappa shape index (κ1) is 20.2. The summed E-state index contributed by atoms with van der Waals surface area (Å²) in [5.74, 6) is 0.0525. The Balaban J connectivity index is 1.72. The van der Waals surface area contributed by atoms with Crippen molar-refractivity contribution in [1.82, 2.24) is 10.6 Å². The standard InChI is InChI=1S/C20H32N4O2/c1-4-23(5-2)13-9-10-16(3)21-20(26)22-17-14-19(25)24(15-17)18-11-7-6-8-12-18/h6-8,11-12,16-17H,4-5,9-10,13-15H2,1-3H3,(H2,21,22,26)/p+1/t16-,17-/m0/s1. The Morgan fingerprint density at radius 1 is 1.27 bits per heavy atom. The lowest BCUT2D eigenvalue weighted by Crippen LogP contribution is -3.11. The van der Waals surface area contributed by atoms with E-state index in [1.54, 1.807) is 9.80 Å². The van der Waals surface area contributed by atoms with Crippen molar-refractivity contribution in [3.63, 3.8) is 0 Å². The van der Waals surface area contributed by atoms with Crippen LogP contribution in [0.25, 0.3) is 0 Å². The first-order valence-corrected chi connectivity index (χ1v) is 9.79. The smallest absolute Gasteiger partial charge is 0.315 e. The van der Waals surface area contributed by atoms with E-state index < -0.39 is 0 Å². The Morgan fingerprint density at radius 2 is 1.96 bits per heavy atom. The highest BCUT2D eigenvalue weighted by Crippen LogP contribution is 2.20. The van der Waals surface area contributed by atoms with Crippen LogP contribution in [0.1, 0.15) is 40.0 Å². The van der Waals surface area contributed by atoms with Crippen LogP contribution in [-0.4, -0.2) is 50.2 Å². The van der Waals surface area contributed by atoms with Crippen molar-refractivity contribution >= 4 is 17.6 Å². The van der Waals surface area contributed by atoms with Crippen LogP contribution in [0.4, 0.5) is 10.5 Å². The van der Waals surface area contributed by atoms with Crippen LogP contribution in [-0.2, 0) is 4.79 Å². The zero-order valence-electron chi connectivity index (χ0n) is 16.3. The van der Waals surface area contributed by atoms with Gasteiger partial charge in [-0.1, -0.05) is 18.2 Å². The highest BCUT2D eigenvalue weighted by atomic mass is 16.2. The number of hydrogen-bond acceptors (Lipinski definition) is 2. The Morgan fingerprint density at radius 3 is 2.62 bits per heavy atom. The highest BCUT2D eigenvalue weighted by molar-refractivity contribution is 5.96. The van der Waals surface area contributed by atoms with Gasteiger partial charge in [0, 0.05) is 24.7 Å². The average molecular weight is 362 g/mol. The second-order valence-electron chi connectivity index (χ2n) is 7.11. The van der Waals surface area contributed by atoms with E-state index >= 15 is 0 Å². The molecule has 0 aliphatic carbocycles. The van der Waals surface area contributed by atoms with Crippen molar-refractivity contribution in [3.8, 4) is 0 Å². The van der Waals surface area contributed by atoms with Crippen LogP contribution in [0.3, 0.4) is 0 Å². The zero-order chi connectivity index (χ0) is 18.9. The van der Waals surface area contributed by atoms with Gasteiger partial charge in [0.1, 0.15) is 0 Å². The molecule has 1 aromatic rings. The molecule has 1 aliphatic heterocycles. The van der Waals surface area contributed by atoms with E-state index in [1.807, 2.05) is 37.3 Å². The fourth-order valence-electron chi connectivity index (χ4n) is 3.45. The summed E-state index contributed by atoms with van der Waals surface area (Å²) in [6, 6.07) is 9.40. The van der Waals surface area contributed by atoms with E-state index in [0.29, 0.717) is 13.0 Å². The molecule has 0 unspecified atom stereocenters. The van der Waals surface area contributed by atoms with Crippen molar-refractivity contribution < 1.29 is 14.5 Å². The van der Waals surface area contributed by atoms with Gasteiger partial charge >= 0.3 is 6.03 Å². The molecule has 0 aromatic heterocycles. The molecule has 1 aromatic carbocycles. The van der Waals surface area contributed by atoms with Crippen molar-refractivity contribution in [1.29, 1.82) is 0 Å². The molecule has 2 atom stereocenters. The molecular formula is C20H33N4O2+. The predicted octanol–water partition coefficient (Wildman–Crippen LogP) is 1.18. The van der Waals surface area contributed by atoms with Crippen LogP contribution in [0.2, 0.25) is 0 Å². The minimum Gasteiger partial charge on any atom is -0.336 e. The van der Waals surface area contributed by atoms with Gasteiger partial charge in [0.2, 0.25) is 5.91 Å². The molecule has 144 valence electrons. The van der Waals surface area contributed by atoms with E-state index in [1.165, 1.54) is 0 Å². The molecule has 0 saturated carbocycles. The van der Waals surface area contributed by atoms with E-state index in [-0.39, 0.29) is 24.0 Å². The van der Waals surface area contributed by atoms with E-state index in [9.17, 15) is 9.59 Å². The third-order valence-electron chi connectivity index (χ3n) is 5.07. The second-order valence-corrected chi connectivity index (χ2v) is 7.11. The molecule has 1 heterocycles. The SMILES string of the molecule is CC[NH+](CC)CCC[C@H](C)NC(=O)N[C@H]1CC(=O)N(c2ccccc2)C1. The van der Waals surface area contributed by atoms with E-state index in [4.69, 9.17) is 0 Å². The molecule has 1 saturated heterocycles. The molecule has 1 fully saturated rings. The number of carbonyl (C=O) groups is 2. The lowest BCUT2D eigenvalue weighted by Gasteiger charge is -2.20. The molecule has 3 N–H and O–H groups in total. The number of anilines is 1. The van der Waals surface area contributed by atoms with Gasteiger partial charge in [-0.15, -0.1) is 0 Å². The van der Waals surface area contributed by atoms with Crippen molar-refractivity contribution in [2.75, 3.05) is 31.1 Å². The third kappa shape index (κ3) is 6.02. The number of amides is 3. The number of carbonyl (C=O) groups excluding carboxylic acids is 2. The first-order chi connectivity index (χ1) is 12.5. The number of quaternary nitrogens is 1. The molecule has 26 heavy (non-hydrogen) atoms. The molecule has 2 rings (SSSR count). The molecule has 0 bridgehead atoms. The summed E-state index contributed by atoms with van der Waals surface area (Å²) in [5, 5.41) is 5.94. The number of hydrogen-bond donors (Lipinski definition) is 3. The Kier molecular flexibility index (Phi) is 7.91. The van der Waals surface area contributed by atoms with Crippen LogP contribution in [0, 0.1) is 0 Å². The van der Waals surface area contributed by atoms with Gasteiger partial charge in [-0.25, -0.2) is 4.79 Å². The minimum atomic E-state index is -0.180. The Hall–Kier alpha value is -2.08. The summed E-state index contributed by atoms with van der Waals surface area (Å²) in [4.78, 5) is 27.7. The van der Waals surface area contributed by atoms with Gasteiger partial charge in [0.25, 0.3) is 0 Å². The van der Waals surface area contributed by atoms with Gasteiger partial charge in [-0.3, -0.25) is 4.79 Å². The zero-order valence-corrected chi connectivity index (χ0v) is 16.3. The quantitative estimate of drug-likeness (QED) is 0.618. The predicted molar refractivity (Wildman–Crippen MR) is 104 cm³/mol. The highest BCUT2D eigenvalue weighted by Gasteiger charge is 2.31. The lowest BCUT2D eigenvalue weighted by molar-refractivity contribution is -0.896.